The quantitative estimate of drug-likeness (QED) is 0.782. The van der Waals surface area contributed by atoms with Crippen LogP contribution in [0, 0.1) is 11.3 Å². The van der Waals surface area contributed by atoms with Gasteiger partial charge in [0.2, 0.25) is 0 Å². The van der Waals surface area contributed by atoms with Gasteiger partial charge in [-0.25, -0.2) is 15.0 Å². The van der Waals surface area contributed by atoms with Crippen molar-refractivity contribution in [1.82, 2.24) is 19.5 Å². The Morgan fingerprint density at radius 1 is 1.29 bits per heavy atom. The van der Waals surface area contributed by atoms with Crippen LogP contribution in [0.2, 0.25) is 0 Å². The molecule has 0 radical (unpaired) electrons. The van der Waals surface area contributed by atoms with Crippen molar-refractivity contribution in [3.05, 3.63) is 48.0 Å². The Morgan fingerprint density at radius 2 is 2.10 bits per heavy atom. The molecule has 0 aliphatic carbocycles. The number of aromatic nitrogens is 4. The average Bonchev–Trinajstić information content (AvgIpc) is 2.87. The van der Waals surface area contributed by atoms with E-state index in [1.54, 1.807) is 18.3 Å². The van der Waals surface area contributed by atoms with Crippen LogP contribution in [-0.4, -0.2) is 19.5 Å². The normalized spacial score (nSPS) is 11.7. The monoisotopic (exact) mass is 300 g/mol. The number of nitriles is 1. The summed E-state index contributed by atoms with van der Waals surface area (Å²) in [4.78, 5) is 13.1. The first kappa shape index (κ1) is 14.9. The minimum atomic E-state index is -0.248. The Bertz CT molecular complexity index is 800. The second-order valence-electron chi connectivity index (χ2n) is 4.46. The molecule has 0 unspecified atom stereocenters. The molecule has 3 rings (SSSR count). The van der Waals surface area contributed by atoms with Crippen LogP contribution in [0.1, 0.15) is 24.4 Å². The maximum atomic E-state index is 8.83. The van der Waals surface area contributed by atoms with Gasteiger partial charge in [0.25, 0.3) is 0 Å². The third-order valence-corrected chi connectivity index (χ3v) is 2.96. The summed E-state index contributed by atoms with van der Waals surface area (Å²) in [5.41, 5.74) is 7.96. The smallest absolute Gasteiger partial charge is 0.165 e. The van der Waals surface area contributed by atoms with E-state index < -0.39 is 0 Å². The topological polar surface area (TPSA) is 93.4 Å². The molecular formula is C14H13ClN6. The Balaban J connectivity index is 0.00000161. The highest BCUT2D eigenvalue weighted by Crippen LogP contribution is 2.21. The molecule has 0 saturated carbocycles. The van der Waals surface area contributed by atoms with E-state index >= 15 is 0 Å². The fraction of sp³-hybridized carbons (Fsp3) is 0.143. The molecule has 0 fully saturated rings. The molecule has 6 nitrogen and oxygen atoms in total. The first-order valence-corrected chi connectivity index (χ1v) is 6.16. The zero-order valence-corrected chi connectivity index (χ0v) is 12.1. The molecule has 0 saturated heterocycles. The highest BCUT2D eigenvalue weighted by atomic mass is 35.5. The third kappa shape index (κ3) is 2.57. The van der Waals surface area contributed by atoms with Crippen molar-refractivity contribution < 1.29 is 0 Å². The molecule has 0 spiro atoms. The fourth-order valence-corrected chi connectivity index (χ4v) is 2.05. The van der Waals surface area contributed by atoms with Crippen molar-refractivity contribution in [2.24, 2.45) is 5.73 Å². The number of halogens is 1. The molecule has 3 heterocycles. The first-order valence-electron chi connectivity index (χ1n) is 6.16. The van der Waals surface area contributed by atoms with E-state index in [9.17, 15) is 0 Å². The Morgan fingerprint density at radius 3 is 2.71 bits per heavy atom. The molecule has 0 bridgehead atoms. The number of rotatable bonds is 2. The molecule has 7 heteroatoms. The SMILES string of the molecule is C[C@H](N)c1nc2cccnc2n1-c1ccc(C#N)cn1.Cl. The lowest BCUT2D eigenvalue weighted by Crippen LogP contribution is -2.13. The molecule has 21 heavy (non-hydrogen) atoms. The van der Waals surface area contributed by atoms with Crippen molar-refractivity contribution >= 4 is 23.6 Å². The van der Waals surface area contributed by atoms with Crippen LogP contribution >= 0.6 is 12.4 Å². The Labute approximate surface area is 127 Å². The van der Waals surface area contributed by atoms with Gasteiger partial charge in [-0.15, -0.1) is 12.4 Å². The van der Waals surface area contributed by atoms with Crippen LogP contribution in [0.5, 0.6) is 0 Å². The summed E-state index contributed by atoms with van der Waals surface area (Å²) in [7, 11) is 0. The maximum Gasteiger partial charge on any atom is 0.165 e. The Kier molecular flexibility index (Phi) is 4.17. The van der Waals surface area contributed by atoms with Gasteiger partial charge in [0.15, 0.2) is 5.65 Å². The lowest BCUT2D eigenvalue weighted by molar-refractivity contribution is 0.719. The summed E-state index contributed by atoms with van der Waals surface area (Å²) in [5, 5.41) is 8.83. The predicted molar refractivity (Wildman–Crippen MR) is 81.2 cm³/mol. The van der Waals surface area contributed by atoms with Gasteiger partial charge in [-0.1, -0.05) is 0 Å². The summed E-state index contributed by atoms with van der Waals surface area (Å²) in [6.07, 6.45) is 3.23. The van der Waals surface area contributed by atoms with E-state index in [0.717, 1.165) is 5.52 Å². The zero-order valence-electron chi connectivity index (χ0n) is 11.3. The highest BCUT2D eigenvalue weighted by molar-refractivity contribution is 5.85. The van der Waals surface area contributed by atoms with Crippen molar-refractivity contribution in [2.75, 3.05) is 0 Å². The number of hydrogen-bond donors (Lipinski definition) is 1. The van der Waals surface area contributed by atoms with Crippen LogP contribution in [0.3, 0.4) is 0 Å². The van der Waals surface area contributed by atoms with Gasteiger partial charge in [0, 0.05) is 12.4 Å². The summed E-state index contributed by atoms with van der Waals surface area (Å²) >= 11 is 0. The van der Waals surface area contributed by atoms with Crippen LogP contribution in [0.15, 0.2) is 36.7 Å². The van der Waals surface area contributed by atoms with Crippen molar-refractivity contribution in [1.29, 1.82) is 5.26 Å². The van der Waals surface area contributed by atoms with Gasteiger partial charge >= 0.3 is 0 Å². The summed E-state index contributed by atoms with van der Waals surface area (Å²) in [6, 6.07) is 8.99. The van der Waals surface area contributed by atoms with Gasteiger partial charge < -0.3 is 5.73 Å². The van der Waals surface area contributed by atoms with Gasteiger partial charge in [0.1, 0.15) is 23.2 Å². The highest BCUT2D eigenvalue weighted by Gasteiger charge is 2.16. The van der Waals surface area contributed by atoms with E-state index in [1.165, 1.54) is 6.20 Å². The molecule has 2 N–H and O–H groups in total. The van der Waals surface area contributed by atoms with Crippen LogP contribution in [0.25, 0.3) is 17.0 Å². The lowest BCUT2D eigenvalue weighted by atomic mass is 10.3. The van der Waals surface area contributed by atoms with Crippen molar-refractivity contribution in [3.8, 4) is 11.9 Å². The zero-order chi connectivity index (χ0) is 14.1. The number of pyridine rings is 2. The summed E-state index contributed by atoms with van der Waals surface area (Å²) in [6.45, 7) is 1.86. The molecule has 0 aromatic carbocycles. The molecule has 0 aliphatic heterocycles. The van der Waals surface area contributed by atoms with E-state index in [1.807, 2.05) is 29.7 Å². The molecule has 3 aromatic heterocycles. The molecule has 3 aromatic rings. The van der Waals surface area contributed by atoms with Crippen LogP contribution in [0.4, 0.5) is 0 Å². The molecule has 0 aliphatic rings. The minimum Gasteiger partial charge on any atom is -0.322 e. The second-order valence-corrected chi connectivity index (χ2v) is 4.46. The largest absolute Gasteiger partial charge is 0.322 e. The van der Waals surface area contributed by atoms with E-state index in [0.29, 0.717) is 22.9 Å². The maximum absolute atomic E-state index is 8.83. The fourth-order valence-electron chi connectivity index (χ4n) is 2.05. The van der Waals surface area contributed by atoms with Crippen molar-refractivity contribution in [2.45, 2.75) is 13.0 Å². The van der Waals surface area contributed by atoms with E-state index in [2.05, 4.69) is 15.0 Å². The number of imidazole rings is 1. The Hall–Kier alpha value is -2.49. The van der Waals surface area contributed by atoms with Gasteiger partial charge in [-0.3, -0.25) is 4.57 Å². The van der Waals surface area contributed by atoms with Gasteiger partial charge in [0.05, 0.1) is 11.6 Å². The summed E-state index contributed by atoms with van der Waals surface area (Å²) in [5.74, 6) is 1.34. The van der Waals surface area contributed by atoms with Crippen LogP contribution in [-0.2, 0) is 0 Å². The molecule has 1 atom stereocenters. The van der Waals surface area contributed by atoms with E-state index in [-0.39, 0.29) is 18.4 Å². The second kappa shape index (κ2) is 5.87. The lowest BCUT2D eigenvalue weighted by Gasteiger charge is -2.09. The van der Waals surface area contributed by atoms with Crippen LogP contribution < -0.4 is 5.73 Å². The van der Waals surface area contributed by atoms with E-state index in [4.69, 9.17) is 11.0 Å². The number of nitrogens with zero attached hydrogens (tertiary/aromatic N) is 5. The molecule has 106 valence electrons. The molecular weight excluding hydrogens is 288 g/mol. The van der Waals surface area contributed by atoms with Crippen molar-refractivity contribution in [3.63, 3.8) is 0 Å². The number of nitrogens with two attached hydrogens (primary N) is 1. The average molecular weight is 301 g/mol. The standard InChI is InChI=1S/C14H12N6.ClH/c1-9(16)13-19-11-3-2-6-17-14(11)20(13)12-5-4-10(7-15)8-18-12;/h2-6,8-9H,16H2,1H3;1H/t9-;/m0./s1. The number of hydrogen-bond acceptors (Lipinski definition) is 5. The predicted octanol–water partition coefficient (Wildman–Crippen LogP) is 2.13. The summed E-state index contributed by atoms with van der Waals surface area (Å²) < 4.78 is 1.82. The molecule has 0 amide bonds. The third-order valence-electron chi connectivity index (χ3n) is 2.96. The van der Waals surface area contributed by atoms with Gasteiger partial charge in [-0.2, -0.15) is 5.26 Å². The van der Waals surface area contributed by atoms with Gasteiger partial charge in [-0.05, 0) is 31.2 Å². The number of fused-ring (bicyclic) bond motifs is 1. The minimum absolute atomic E-state index is 0. The first-order chi connectivity index (χ1) is 9.70.